The lowest BCUT2D eigenvalue weighted by Gasteiger charge is -2.18. The van der Waals surface area contributed by atoms with Crippen LogP contribution < -0.4 is 5.69 Å². The van der Waals surface area contributed by atoms with Crippen molar-refractivity contribution in [2.75, 3.05) is 5.75 Å². The third-order valence-electron chi connectivity index (χ3n) is 3.05. The second-order valence-corrected chi connectivity index (χ2v) is 6.11. The fourth-order valence-electron chi connectivity index (χ4n) is 1.63. The molecule has 0 atom stereocenters. The molecule has 0 aliphatic heterocycles. The molecule has 1 heterocycles. The molecule has 0 amide bonds. The van der Waals surface area contributed by atoms with Gasteiger partial charge in [0.05, 0.1) is 5.41 Å². The fourth-order valence-corrected chi connectivity index (χ4v) is 2.64. The Bertz CT molecular complexity index is 479. The number of hydrogen-bond acceptors (Lipinski definition) is 4. The minimum Gasteiger partial charge on any atom is -0.481 e. The first-order valence-electron chi connectivity index (χ1n) is 6.40. The first-order valence-corrected chi connectivity index (χ1v) is 7.38. The zero-order valence-electron chi connectivity index (χ0n) is 11.6. The van der Waals surface area contributed by atoms with Gasteiger partial charge in [-0.3, -0.25) is 9.36 Å². The zero-order chi connectivity index (χ0) is 14.5. The van der Waals surface area contributed by atoms with Gasteiger partial charge in [-0.1, -0.05) is 18.2 Å². The van der Waals surface area contributed by atoms with Gasteiger partial charge in [0, 0.05) is 12.3 Å². The van der Waals surface area contributed by atoms with E-state index in [0.29, 0.717) is 18.1 Å². The summed E-state index contributed by atoms with van der Waals surface area (Å²) in [5.74, 6) is 0.0762. The van der Waals surface area contributed by atoms with Crippen molar-refractivity contribution in [3.8, 4) is 0 Å². The van der Waals surface area contributed by atoms with Crippen molar-refractivity contribution in [1.29, 1.82) is 0 Å². The van der Waals surface area contributed by atoms with Gasteiger partial charge in [-0.25, -0.2) is 9.89 Å². The molecule has 1 aromatic heterocycles. The van der Waals surface area contributed by atoms with Crippen molar-refractivity contribution in [2.24, 2.45) is 5.41 Å². The van der Waals surface area contributed by atoms with Crippen molar-refractivity contribution in [3.05, 3.63) is 10.5 Å². The highest BCUT2D eigenvalue weighted by molar-refractivity contribution is 7.99. The molecule has 0 saturated carbocycles. The number of carbonyl (C=O) groups is 1. The maximum atomic E-state index is 11.3. The number of aromatic amines is 1. The Morgan fingerprint density at radius 1 is 1.47 bits per heavy atom. The maximum absolute atomic E-state index is 11.3. The predicted molar refractivity (Wildman–Crippen MR) is 74.5 cm³/mol. The van der Waals surface area contributed by atoms with Gasteiger partial charge in [-0.2, -0.15) is 0 Å². The van der Waals surface area contributed by atoms with Crippen molar-refractivity contribution in [1.82, 2.24) is 14.8 Å². The molecular formula is C12H21N3O3S. The van der Waals surface area contributed by atoms with E-state index < -0.39 is 11.4 Å². The topological polar surface area (TPSA) is 88.0 Å². The molecule has 0 spiro atoms. The summed E-state index contributed by atoms with van der Waals surface area (Å²) in [5.41, 5.74) is -0.847. The number of unbranched alkanes of at least 4 members (excludes halogenated alkanes) is 1. The Labute approximate surface area is 116 Å². The molecule has 0 aliphatic rings. The van der Waals surface area contributed by atoms with Gasteiger partial charge in [0.2, 0.25) is 0 Å². The van der Waals surface area contributed by atoms with Gasteiger partial charge in [0.1, 0.15) is 0 Å². The summed E-state index contributed by atoms with van der Waals surface area (Å²) in [5, 5.41) is 16.1. The molecule has 108 valence electrons. The first kappa shape index (κ1) is 15.8. The quantitative estimate of drug-likeness (QED) is 0.563. The lowest BCUT2D eigenvalue weighted by atomic mass is 9.88. The fraction of sp³-hybridized carbons (Fsp3) is 0.750. The van der Waals surface area contributed by atoms with E-state index in [2.05, 4.69) is 10.2 Å². The van der Waals surface area contributed by atoms with Gasteiger partial charge in [-0.05, 0) is 33.6 Å². The SMILES string of the molecule is CCn1c(SCCCCC(C)(C)C(=O)O)n[nH]c1=O. The van der Waals surface area contributed by atoms with Crippen LogP contribution >= 0.6 is 11.8 Å². The number of aromatic nitrogens is 3. The molecular weight excluding hydrogens is 266 g/mol. The highest BCUT2D eigenvalue weighted by Crippen LogP contribution is 2.24. The van der Waals surface area contributed by atoms with E-state index in [1.54, 1.807) is 18.4 Å². The molecule has 7 heteroatoms. The number of nitrogens with zero attached hydrogens (tertiary/aromatic N) is 2. The number of H-pyrrole nitrogens is 1. The Morgan fingerprint density at radius 3 is 2.74 bits per heavy atom. The summed E-state index contributed by atoms with van der Waals surface area (Å²) in [4.78, 5) is 22.3. The number of carboxylic acids is 1. The first-order chi connectivity index (χ1) is 8.88. The van der Waals surface area contributed by atoms with E-state index in [1.165, 1.54) is 11.8 Å². The lowest BCUT2D eigenvalue weighted by molar-refractivity contribution is -0.147. The van der Waals surface area contributed by atoms with E-state index in [1.807, 2.05) is 6.92 Å². The average Bonchev–Trinajstić information content (AvgIpc) is 2.69. The zero-order valence-corrected chi connectivity index (χ0v) is 12.4. The Balaban J connectivity index is 2.32. The van der Waals surface area contributed by atoms with Crippen LogP contribution in [0.1, 0.15) is 40.0 Å². The van der Waals surface area contributed by atoms with E-state index in [-0.39, 0.29) is 5.69 Å². The van der Waals surface area contributed by atoms with Crippen molar-refractivity contribution < 1.29 is 9.90 Å². The molecule has 0 unspecified atom stereocenters. The van der Waals surface area contributed by atoms with Crippen LogP contribution in [0.5, 0.6) is 0 Å². The van der Waals surface area contributed by atoms with Crippen molar-refractivity contribution in [3.63, 3.8) is 0 Å². The Hall–Kier alpha value is -1.24. The molecule has 19 heavy (non-hydrogen) atoms. The van der Waals surface area contributed by atoms with E-state index in [0.717, 1.165) is 18.6 Å². The number of nitrogens with one attached hydrogen (secondary N) is 1. The van der Waals surface area contributed by atoms with E-state index >= 15 is 0 Å². The molecule has 6 nitrogen and oxygen atoms in total. The highest BCUT2D eigenvalue weighted by atomic mass is 32.2. The van der Waals surface area contributed by atoms with Crippen LogP contribution in [0.25, 0.3) is 0 Å². The summed E-state index contributed by atoms with van der Waals surface area (Å²) in [6, 6.07) is 0. The van der Waals surface area contributed by atoms with Crippen molar-refractivity contribution >= 4 is 17.7 Å². The van der Waals surface area contributed by atoms with Crippen LogP contribution in [0.15, 0.2) is 9.95 Å². The summed E-state index contributed by atoms with van der Waals surface area (Å²) in [7, 11) is 0. The summed E-state index contributed by atoms with van der Waals surface area (Å²) in [6.45, 7) is 5.98. The molecule has 2 N–H and O–H groups in total. The van der Waals surface area contributed by atoms with Crippen LogP contribution in [-0.2, 0) is 11.3 Å². The second-order valence-electron chi connectivity index (χ2n) is 5.05. The minimum atomic E-state index is -0.757. The van der Waals surface area contributed by atoms with Crippen LogP contribution in [0, 0.1) is 5.41 Å². The maximum Gasteiger partial charge on any atom is 0.343 e. The largest absolute Gasteiger partial charge is 0.481 e. The molecule has 0 aromatic carbocycles. The smallest absolute Gasteiger partial charge is 0.343 e. The van der Waals surface area contributed by atoms with Gasteiger partial charge in [0.15, 0.2) is 5.16 Å². The number of rotatable bonds is 8. The monoisotopic (exact) mass is 287 g/mol. The molecule has 0 aliphatic carbocycles. The van der Waals surface area contributed by atoms with E-state index in [9.17, 15) is 9.59 Å². The highest BCUT2D eigenvalue weighted by Gasteiger charge is 2.25. The van der Waals surface area contributed by atoms with Gasteiger partial charge >= 0.3 is 11.7 Å². The number of aliphatic carboxylic acids is 1. The minimum absolute atomic E-state index is 0.183. The second kappa shape index (κ2) is 6.79. The van der Waals surface area contributed by atoms with E-state index in [4.69, 9.17) is 5.11 Å². The predicted octanol–water partition coefficient (Wildman–Crippen LogP) is 1.96. The van der Waals surface area contributed by atoms with Crippen LogP contribution in [-0.4, -0.2) is 31.6 Å². The summed E-state index contributed by atoms with van der Waals surface area (Å²) in [6.07, 6.45) is 2.42. The van der Waals surface area contributed by atoms with Crippen LogP contribution in [0.2, 0.25) is 0 Å². The molecule has 0 saturated heterocycles. The third kappa shape index (κ3) is 4.41. The van der Waals surface area contributed by atoms with Crippen LogP contribution in [0.3, 0.4) is 0 Å². The standard InChI is InChI=1S/C12H21N3O3S/c1-4-15-10(18)13-14-11(15)19-8-6-5-7-12(2,3)9(16)17/h4-8H2,1-3H3,(H,13,18)(H,16,17). The normalized spacial score (nSPS) is 11.7. The molecule has 0 radical (unpaired) electrons. The number of thioether (sulfide) groups is 1. The molecule has 1 aromatic rings. The number of hydrogen-bond donors (Lipinski definition) is 2. The van der Waals surface area contributed by atoms with Gasteiger partial charge in [-0.15, -0.1) is 5.10 Å². The molecule has 1 rings (SSSR count). The Morgan fingerprint density at radius 2 is 2.16 bits per heavy atom. The van der Waals surface area contributed by atoms with Gasteiger partial charge < -0.3 is 5.11 Å². The van der Waals surface area contributed by atoms with Gasteiger partial charge in [0.25, 0.3) is 0 Å². The molecule has 0 fully saturated rings. The summed E-state index contributed by atoms with van der Waals surface area (Å²) >= 11 is 1.52. The average molecular weight is 287 g/mol. The summed E-state index contributed by atoms with van der Waals surface area (Å²) < 4.78 is 1.59. The Kier molecular flexibility index (Phi) is 5.65. The third-order valence-corrected chi connectivity index (χ3v) is 4.11. The number of carboxylic acid groups (broad SMARTS) is 1. The van der Waals surface area contributed by atoms with Crippen molar-refractivity contribution in [2.45, 2.75) is 51.7 Å². The lowest BCUT2D eigenvalue weighted by Crippen LogP contribution is -2.23. The molecule has 0 bridgehead atoms. The van der Waals surface area contributed by atoms with Crippen LogP contribution in [0.4, 0.5) is 0 Å².